The number of halogens is 1. The maximum absolute atomic E-state index is 13.8. The van der Waals surface area contributed by atoms with E-state index >= 15 is 0 Å². The highest BCUT2D eigenvalue weighted by Crippen LogP contribution is 2.21. The monoisotopic (exact) mass is 331 g/mol. The van der Waals surface area contributed by atoms with Crippen molar-refractivity contribution in [1.29, 1.82) is 0 Å². The van der Waals surface area contributed by atoms with E-state index in [9.17, 15) is 4.39 Å². The van der Waals surface area contributed by atoms with Gasteiger partial charge in [0.25, 0.3) is 0 Å². The Labute approximate surface area is 141 Å². The van der Waals surface area contributed by atoms with Gasteiger partial charge in [0.05, 0.1) is 19.0 Å². The first-order chi connectivity index (χ1) is 11.6. The highest BCUT2D eigenvalue weighted by atomic mass is 19.1. The minimum absolute atomic E-state index is 0.157. The molecule has 0 bridgehead atoms. The Kier molecular flexibility index (Phi) is 5.25. The first-order valence-corrected chi connectivity index (χ1v) is 8.14. The van der Waals surface area contributed by atoms with E-state index in [-0.39, 0.29) is 17.7 Å². The third kappa shape index (κ3) is 4.20. The number of methoxy groups -OCH3 is 1. The molecule has 1 aliphatic rings. The van der Waals surface area contributed by atoms with Gasteiger partial charge in [0, 0.05) is 25.8 Å². The summed E-state index contributed by atoms with van der Waals surface area (Å²) in [5.74, 6) is 0.557. The van der Waals surface area contributed by atoms with Gasteiger partial charge in [-0.15, -0.1) is 0 Å². The van der Waals surface area contributed by atoms with Gasteiger partial charge >= 0.3 is 0 Å². The van der Waals surface area contributed by atoms with Gasteiger partial charge in [-0.2, -0.15) is 0 Å². The second kappa shape index (κ2) is 7.57. The van der Waals surface area contributed by atoms with E-state index in [1.165, 1.54) is 7.11 Å². The zero-order valence-electron chi connectivity index (χ0n) is 14.0. The van der Waals surface area contributed by atoms with Gasteiger partial charge in [-0.1, -0.05) is 6.07 Å². The Morgan fingerprint density at radius 1 is 1.25 bits per heavy atom. The van der Waals surface area contributed by atoms with Crippen LogP contribution in [0.2, 0.25) is 0 Å². The summed E-state index contributed by atoms with van der Waals surface area (Å²) in [5.41, 5.74) is 1.81. The van der Waals surface area contributed by atoms with Gasteiger partial charge in [0.1, 0.15) is 6.10 Å². The molecular weight excluding hydrogens is 309 g/mol. The van der Waals surface area contributed by atoms with E-state index in [4.69, 9.17) is 9.47 Å². The number of likely N-dealkylation sites (tertiary alicyclic amines) is 1. The molecular formula is C18H22FN3O2. The molecule has 0 aliphatic carbocycles. The van der Waals surface area contributed by atoms with Crippen LogP contribution in [0.1, 0.15) is 24.1 Å². The van der Waals surface area contributed by atoms with Crippen molar-refractivity contribution >= 4 is 0 Å². The Balaban J connectivity index is 1.51. The van der Waals surface area contributed by atoms with Crippen molar-refractivity contribution in [3.8, 4) is 11.6 Å². The molecule has 0 unspecified atom stereocenters. The van der Waals surface area contributed by atoms with Crippen molar-refractivity contribution in [2.75, 3.05) is 20.2 Å². The van der Waals surface area contributed by atoms with Gasteiger partial charge in [-0.05, 0) is 37.5 Å². The predicted octanol–water partition coefficient (Wildman–Crippen LogP) is 2.98. The second-order valence-corrected chi connectivity index (χ2v) is 6.06. The van der Waals surface area contributed by atoms with E-state index in [1.807, 2.05) is 13.0 Å². The Bertz CT molecular complexity index is 688. The average molecular weight is 331 g/mol. The van der Waals surface area contributed by atoms with Crippen molar-refractivity contribution in [3.63, 3.8) is 0 Å². The largest absolute Gasteiger partial charge is 0.494 e. The Morgan fingerprint density at radius 2 is 2.04 bits per heavy atom. The van der Waals surface area contributed by atoms with Crippen LogP contribution in [0.4, 0.5) is 4.39 Å². The summed E-state index contributed by atoms with van der Waals surface area (Å²) in [4.78, 5) is 10.7. The molecule has 24 heavy (non-hydrogen) atoms. The highest BCUT2D eigenvalue weighted by Gasteiger charge is 2.21. The lowest BCUT2D eigenvalue weighted by Crippen LogP contribution is -2.37. The van der Waals surface area contributed by atoms with E-state index in [0.717, 1.165) is 43.7 Å². The molecule has 5 nitrogen and oxygen atoms in total. The van der Waals surface area contributed by atoms with E-state index < -0.39 is 0 Å². The molecule has 0 N–H and O–H groups in total. The van der Waals surface area contributed by atoms with Crippen molar-refractivity contribution < 1.29 is 13.9 Å². The minimum Gasteiger partial charge on any atom is -0.494 e. The summed E-state index contributed by atoms with van der Waals surface area (Å²) in [6.45, 7) is 4.46. The van der Waals surface area contributed by atoms with E-state index in [2.05, 4.69) is 14.9 Å². The lowest BCUT2D eigenvalue weighted by Gasteiger charge is -2.31. The molecule has 2 aromatic rings. The fraction of sp³-hybridized carbons (Fsp3) is 0.444. The summed E-state index contributed by atoms with van der Waals surface area (Å²) in [6, 6.07) is 5.13. The molecule has 0 atom stereocenters. The maximum atomic E-state index is 13.8. The summed E-state index contributed by atoms with van der Waals surface area (Å²) in [7, 11) is 1.47. The molecule has 1 saturated heterocycles. The summed E-state index contributed by atoms with van der Waals surface area (Å²) in [6.07, 6.45) is 5.37. The molecule has 0 amide bonds. The number of piperidine rings is 1. The lowest BCUT2D eigenvalue weighted by atomic mass is 10.1. The molecule has 1 aromatic heterocycles. The summed E-state index contributed by atoms with van der Waals surface area (Å²) < 4.78 is 24.6. The quantitative estimate of drug-likeness (QED) is 0.843. The van der Waals surface area contributed by atoms with E-state index in [0.29, 0.717) is 5.88 Å². The van der Waals surface area contributed by atoms with Crippen LogP contribution < -0.4 is 9.47 Å². The lowest BCUT2D eigenvalue weighted by molar-refractivity contribution is 0.0927. The van der Waals surface area contributed by atoms with Gasteiger partial charge in [0.2, 0.25) is 5.88 Å². The van der Waals surface area contributed by atoms with Crippen LogP contribution in [0.25, 0.3) is 0 Å². The molecule has 128 valence electrons. The molecule has 3 rings (SSSR count). The average Bonchev–Trinajstić information content (AvgIpc) is 2.57. The number of rotatable bonds is 5. The summed E-state index contributed by atoms with van der Waals surface area (Å²) >= 11 is 0. The number of hydrogen-bond donors (Lipinski definition) is 0. The van der Waals surface area contributed by atoms with Crippen molar-refractivity contribution in [1.82, 2.24) is 14.9 Å². The first kappa shape index (κ1) is 16.6. The number of ether oxygens (including phenoxy) is 2. The molecule has 0 radical (unpaired) electrons. The van der Waals surface area contributed by atoms with Crippen LogP contribution in [0.5, 0.6) is 11.6 Å². The Morgan fingerprint density at radius 3 is 2.71 bits per heavy atom. The molecule has 6 heteroatoms. The SMILES string of the molecule is COc1ccc(CN2CCC(Oc3cncc(C)n3)CC2)cc1F. The topological polar surface area (TPSA) is 47.5 Å². The minimum atomic E-state index is -0.314. The number of hydrogen-bond acceptors (Lipinski definition) is 5. The molecule has 1 fully saturated rings. The van der Waals surface area contributed by atoms with Crippen LogP contribution in [0, 0.1) is 12.7 Å². The molecule has 0 saturated carbocycles. The smallest absolute Gasteiger partial charge is 0.232 e. The highest BCUT2D eigenvalue weighted by molar-refractivity contribution is 5.29. The van der Waals surface area contributed by atoms with Crippen molar-refractivity contribution in [2.45, 2.75) is 32.4 Å². The van der Waals surface area contributed by atoms with E-state index in [1.54, 1.807) is 24.5 Å². The molecule has 0 spiro atoms. The second-order valence-electron chi connectivity index (χ2n) is 6.06. The van der Waals surface area contributed by atoms with Gasteiger partial charge in [-0.3, -0.25) is 9.88 Å². The standard InChI is InChI=1S/C18H22FN3O2/c1-13-10-20-11-18(21-13)24-15-5-7-22(8-6-15)12-14-3-4-17(23-2)16(19)9-14/h3-4,9-11,15H,5-8,12H2,1-2H3. The predicted molar refractivity (Wildman–Crippen MR) is 88.6 cm³/mol. The zero-order chi connectivity index (χ0) is 16.9. The summed E-state index contributed by atoms with van der Waals surface area (Å²) in [5, 5.41) is 0. The van der Waals surface area contributed by atoms with Crippen molar-refractivity contribution in [3.05, 3.63) is 47.7 Å². The third-order valence-corrected chi connectivity index (χ3v) is 4.18. The Hall–Kier alpha value is -2.21. The van der Waals surface area contributed by atoms with Gasteiger partial charge in [0.15, 0.2) is 11.6 Å². The first-order valence-electron chi connectivity index (χ1n) is 8.14. The van der Waals surface area contributed by atoms with Crippen molar-refractivity contribution in [2.24, 2.45) is 0 Å². The van der Waals surface area contributed by atoms with Crippen LogP contribution >= 0.6 is 0 Å². The molecule has 2 heterocycles. The number of aryl methyl sites for hydroxylation is 1. The number of nitrogens with zero attached hydrogens (tertiary/aromatic N) is 3. The van der Waals surface area contributed by atoms with Gasteiger partial charge < -0.3 is 9.47 Å². The zero-order valence-corrected chi connectivity index (χ0v) is 14.0. The van der Waals surface area contributed by atoms with Gasteiger partial charge in [-0.25, -0.2) is 9.37 Å². The fourth-order valence-corrected chi connectivity index (χ4v) is 2.92. The maximum Gasteiger partial charge on any atom is 0.232 e. The van der Waals surface area contributed by atoms with Crippen LogP contribution in [-0.2, 0) is 6.54 Å². The fourth-order valence-electron chi connectivity index (χ4n) is 2.92. The van der Waals surface area contributed by atoms with Crippen LogP contribution in [0.3, 0.4) is 0 Å². The third-order valence-electron chi connectivity index (χ3n) is 4.18. The van der Waals surface area contributed by atoms with Crippen LogP contribution in [0.15, 0.2) is 30.6 Å². The normalized spacial score (nSPS) is 16.1. The van der Waals surface area contributed by atoms with Crippen LogP contribution in [-0.4, -0.2) is 41.2 Å². The number of benzene rings is 1. The molecule has 1 aromatic carbocycles. The number of aromatic nitrogens is 2. The molecule has 1 aliphatic heterocycles.